The van der Waals surface area contributed by atoms with Crippen LogP contribution in [0.25, 0.3) is 0 Å². The smallest absolute Gasteiger partial charge is 0.226 e. The van der Waals surface area contributed by atoms with Gasteiger partial charge in [0.2, 0.25) is 5.89 Å². The topological polar surface area (TPSA) is 98.6 Å². The molecule has 0 bridgehead atoms. The van der Waals surface area contributed by atoms with E-state index in [9.17, 15) is 0 Å². The van der Waals surface area contributed by atoms with Gasteiger partial charge in [-0.3, -0.25) is 4.99 Å². The molecule has 0 unspecified atom stereocenters. The summed E-state index contributed by atoms with van der Waals surface area (Å²) in [5.74, 6) is 3.01. The average Bonchev–Trinajstić information content (AvgIpc) is 3.09. The summed E-state index contributed by atoms with van der Waals surface area (Å²) in [6.45, 7) is 5.44. The molecule has 8 heteroatoms. The number of benzene rings is 1. The van der Waals surface area contributed by atoms with Crippen LogP contribution in [0.2, 0.25) is 0 Å². The van der Waals surface area contributed by atoms with Crippen molar-refractivity contribution in [2.24, 2.45) is 10.7 Å². The molecular weight excluding hydrogens is 445 g/mol. The molecule has 0 radical (unpaired) electrons. The number of hydrogen-bond acceptors (Lipinski definition) is 5. The van der Waals surface area contributed by atoms with Crippen LogP contribution in [-0.4, -0.2) is 36.3 Å². The van der Waals surface area contributed by atoms with Gasteiger partial charge in [0.05, 0.1) is 7.11 Å². The zero-order valence-corrected chi connectivity index (χ0v) is 17.9. The summed E-state index contributed by atoms with van der Waals surface area (Å²) in [5.41, 5.74) is 7.10. The van der Waals surface area contributed by atoms with Gasteiger partial charge in [0, 0.05) is 25.4 Å². The lowest BCUT2D eigenvalue weighted by Crippen LogP contribution is -2.33. The number of nitrogens with zero attached hydrogens (tertiary/aromatic N) is 3. The van der Waals surface area contributed by atoms with E-state index in [1.807, 2.05) is 38.1 Å². The lowest BCUT2D eigenvalue weighted by atomic mass is 10.1. The van der Waals surface area contributed by atoms with Crippen molar-refractivity contribution in [2.45, 2.75) is 39.0 Å². The van der Waals surface area contributed by atoms with E-state index in [-0.39, 0.29) is 29.9 Å². The van der Waals surface area contributed by atoms with Crippen LogP contribution < -0.4 is 15.8 Å². The lowest BCUT2D eigenvalue weighted by molar-refractivity contribution is 0.369. The number of aromatic nitrogens is 2. The number of ether oxygens (including phenoxy) is 1. The highest BCUT2D eigenvalue weighted by Crippen LogP contribution is 2.11. The molecule has 7 nitrogen and oxygen atoms in total. The molecule has 0 fully saturated rings. The Bertz CT molecular complexity index is 670. The van der Waals surface area contributed by atoms with Crippen molar-refractivity contribution in [1.82, 2.24) is 15.5 Å². The summed E-state index contributed by atoms with van der Waals surface area (Å²) in [6.07, 6.45) is 2.41. The molecule has 2 rings (SSSR count). The molecule has 0 aliphatic heterocycles. The molecule has 0 amide bonds. The SMILES string of the molecule is COc1ccc(CCNC(N)=NCCCc2nc(C(C)C)no2)cc1.I. The molecule has 3 N–H and O–H groups in total. The summed E-state index contributed by atoms with van der Waals surface area (Å²) >= 11 is 0. The van der Waals surface area contributed by atoms with E-state index in [0.29, 0.717) is 24.8 Å². The molecule has 0 aliphatic carbocycles. The van der Waals surface area contributed by atoms with Gasteiger partial charge in [-0.25, -0.2) is 0 Å². The van der Waals surface area contributed by atoms with Crippen molar-refractivity contribution in [2.75, 3.05) is 20.2 Å². The summed E-state index contributed by atoms with van der Waals surface area (Å²) in [4.78, 5) is 8.65. The Kier molecular flexibility index (Phi) is 10.0. The highest BCUT2D eigenvalue weighted by molar-refractivity contribution is 14.0. The number of nitrogens with two attached hydrogens (primary N) is 1. The lowest BCUT2D eigenvalue weighted by Gasteiger charge is -2.06. The van der Waals surface area contributed by atoms with Crippen LogP contribution in [0.1, 0.15) is 43.5 Å². The number of methoxy groups -OCH3 is 1. The van der Waals surface area contributed by atoms with E-state index in [1.54, 1.807) is 7.11 Å². The third-order valence-corrected chi connectivity index (χ3v) is 3.71. The number of nitrogens with one attached hydrogen (secondary N) is 1. The van der Waals surface area contributed by atoms with Crippen molar-refractivity contribution in [3.63, 3.8) is 0 Å². The van der Waals surface area contributed by atoms with Gasteiger partial charge in [0.25, 0.3) is 0 Å². The van der Waals surface area contributed by atoms with Gasteiger partial charge in [0.1, 0.15) is 5.75 Å². The normalized spacial score (nSPS) is 11.3. The van der Waals surface area contributed by atoms with E-state index >= 15 is 0 Å². The van der Waals surface area contributed by atoms with Crippen LogP contribution in [0.5, 0.6) is 5.75 Å². The fraction of sp³-hybridized carbons (Fsp3) is 0.500. The quantitative estimate of drug-likeness (QED) is 0.252. The second-order valence-corrected chi connectivity index (χ2v) is 6.10. The average molecular weight is 473 g/mol. The van der Waals surface area contributed by atoms with Crippen LogP contribution in [0.4, 0.5) is 0 Å². The van der Waals surface area contributed by atoms with E-state index < -0.39 is 0 Å². The van der Waals surface area contributed by atoms with Crippen molar-refractivity contribution in [1.29, 1.82) is 0 Å². The highest BCUT2D eigenvalue weighted by atomic mass is 127. The predicted molar refractivity (Wildman–Crippen MR) is 113 cm³/mol. The van der Waals surface area contributed by atoms with Crippen LogP contribution in [0.3, 0.4) is 0 Å². The number of hydrogen-bond donors (Lipinski definition) is 2. The summed E-state index contributed by atoms with van der Waals surface area (Å²) < 4.78 is 10.3. The van der Waals surface area contributed by atoms with Crippen molar-refractivity contribution in [3.8, 4) is 5.75 Å². The fourth-order valence-electron chi connectivity index (χ4n) is 2.22. The van der Waals surface area contributed by atoms with Crippen LogP contribution >= 0.6 is 24.0 Å². The van der Waals surface area contributed by atoms with E-state index in [1.165, 1.54) is 5.56 Å². The van der Waals surface area contributed by atoms with Crippen LogP contribution in [0.15, 0.2) is 33.8 Å². The number of aliphatic imine (C=N–C) groups is 1. The third kappa shape index (κ3) is 7.59. The van der Waals surface area contributed by atoms with E-state index in [4.69, 9.17) is 15.0 Å². The zero-order chi connectivity index (χ0) is 18.1. The van der Waals surface area contributed by atoms with Gasteiger partial charge < -0.3 is 20.3 Å². The largest absolute Gasteiger partial charge is 0.497 e. The van der Waals surface area contributed by atoms with Gasteiger partial charge in [-0.15, -0.1) is 24.0 Å². The van der Waals surface area contributed by atoms with Crippen molar-refractivity contribution < 1.29 is 9.26 Å². The summed E-state index contributed by atoms with van der Waals surface area (Å²) in [7, 11) is 1.66. The summed E-state index contributed by atoms with van der Waals surface area (Å²) in [5, 5.41) is 7.07. The van der Waals surface area contributed by atoms with Gasteiger partial charge in [-0.05, 0) is 30.5 Å². The number of aryl methyl sites for hydroxylation is 1. The molecule has 144 valence electrons. The Morgan fingerprint density at radius 3 is 2.62 bits per heavy atom. The fourth-order valence-corrected chi connectivity index (χ4v) is 2.22. The Morgan fingerprint density at radius 1 is 1.27 bits per heavy atom. The second kappa shape index (κ2) is 11.7. The molecule has 2 aromatic rings. The zero-order valence-electron chi connectivity index (χ0n) is 15.6. The Labute approximate surface area is 171 Å². The minimum Gasteiger partial charge on any atom is -0.497 e. The molecule has 1 aromatic carbocycles. The molecule has 0 atom stereocenters. The van der Waals surface area contributed by atoms with E-state index in [0.717, 1.165) is 31.0 Å². The molecule has 0 spiro atoms. The minimum atomic E-state index is 0. The van der Waals surface area contributed by atoms with Crippen molar-refractivity contribution in [3.05, 3.63) is 41.5 Å². The first-order valence-corrected chi connectivity index (χ1v) is 8.57. The second-order valence-electron chi connectivity index (χ2n) is 6.10. The molecule has 0 aliphatic rings. The first kappa shape index (κ1) is 22.2. The Hall–Kier alpha value is -1.84. The molecule has 26 heavy (non-hydrogen) atoms. The first-order chi connectivity index (χ1) is 12.1. The maximum Gasteiger partial charge on any atom is 0.226 e. The Balaban J connectivity index is 0.00000338. The van der Waals surface area contributed by atoms with Crippen LogP contribution in [0, 0.1) is 0 Å². The molecule has 0 saturated carbocycles. The van der Waals surface area contributed by atoms with Gasteiger partial charge in [-0.1, -0.05) is 31.1 Å². The molecular formula is C18H28IN5O2. The monoisotopic (exact) mass is 473 g/mol. The summed E-state index contributed by atoms with van der Waals surface area (Å²) in [6, 6.07) is 8.00. The minimum absolute atomic E-state index is 0. The molecule has 1 aromatic heterocycles. The van der Waals surface area contributed by atoms with E-state index in [2.05, 4.69) is 20.4 Å². The first-order valence-electron chi connectivity index (χ1n) is 8.57. The van der Waals surface area contributed by atoms with Gasteiger partial charge >= 0.3 is 0 Å². The highest BCUT2D eigenvalue weighted by Gasteiger charge is 2.08. The van der Waals surface area contributed by atoms with Gasteiger partial charge in [-0.2, -0.15) is 4.98 Å². The molecule has 1 heterocycles. The third-order valence-electron chi connectivity index (χ3n) is 3.71. The maximum absolute atomic E-state index is 5.87. The van der Waals surface area contributed by atoms with Crippen molar-refractivity contribution >= 4 is 29.9 Å². The maximum atomic E-state index is 5.87. The molecule has 0 saturated heterocycles. The standard InChI is InChI=1S/C18H27N5O2.HI/c1-13(2)17-22-16(25-23-17)5-4-11-20-18(19)21-12-10-14-6-8-15(24-3)9-7-14;/h6-9,13H,4-5,10-12H2,1-3H3,(H3,19,20,21);1H. The number of guanidine groups is 1. The number of rotatable bonds is 9. The van der Waals surface area contributed by atoms with Crippen LogP contribution in [-0.2, 0) is 12.8 Å². The Morgan fingerprint density at radius 2 is 2.00 bits per heavy atom. The number of halogens is 1. The predicted octanol–water partition coefficient (Wildman–Crippen LogP) is 2.90. The van der Waals surface area contributed by atoms with Gasteiger partial charge in [0.15, 0.2) is 11.8 Å².